The monoisotopic (exact) mass is 425 g/mol. The number of nitrogens with zero attached hydrogens (tertiary/aromatic N) is 2. The van der Waals surface area contributed by atoms with Crippen LogP contribution in [0.15, 0.2) is 46.0 Å². The van der Waals surface area contributed by atoms with Crippen LogP contribution in [0.25, 0.3) is 0 Å². The van der Waals surface area contributed by atoms with E-state index >= 15 is 0 Å². The van der Waals surface area contributed by atoms with E-state index in [0.717, 1.165) is 31.0 Å². The smallest absolute Gasteiger partial charge is 0.287 e. The number of likely N-dealkylation sites (tertiary alicyclic amines) is 1. The van der Waals surface area contributed by atoms with Gasteiger partial charge >= 0.3 is 0 Å². The molecule has 1 amide bonds. The van der Waals surface area contributed by atoms with Crippen LogP contribution in [-0.2, 0) is 13.1 Å². The van der Waals surface area contributed by atoms with Crippen LogP contribution >= 0.6 is 0 Å². The molecule has 3 N–H and O–H groups in total. The maximum atomic E-state index is 12.0. The normalized spacial score (nSPS) is 15.0. The summed E-state index contributed by atoms with van der Waals surface area (Å²) in [6.07, 6.45) is 6.34. The van der Waals surface area contributed by atoms with Crippen molar-refractivity contribution in [3.8, 4) is 0 Å². The number of aliphatic imine (C=N–C) groups is 1. The number of carbonyl (C=O) groups is 1. The molecule has 0 spiro atoms. The van der Waals surface area contributed by atoms with Crippen LogP contribution in [0, 0.1) is 6.92 Å². The molecule has 0 radical (unpaired) electrons. The SMILES string of the molecule is CN=C(NCCCNC(=O)c1occc1C)NCc1ccc(CN2CCCCC2)cc1. The van der Waals surface area contributed by atoms with Crippen LogP contribution in [0.1, 0.15) is 52.9 Å². The molecule has 1 aliphatic rings. The zero-order valence-electron chi connectivity index (χ0n) is 18.7. The summed E-state index contributed by atoms with van der Waals surface area (Å²) >= 11 is 0. The minimum Gasteiger partial charge on any atom is -0.459 e. The molecule has 1 aromatic heterocycles. The van der Waals surface area contributed by atoms with Crippen LogP contribution < -0.4 is 16.0 Å². The van der Waals surface area contributed by atoms with Crippen molar-refractivity contribution in [3.05, 3.63) is 59.0 Å². The van der Waals surface area contributed by atoms with Gasteiger partial charge in [-0.2, -0.15) is 0 Å². The summed E-state index contributed by atoms with van der Waals surface area (Å²) in [6, 6.07) is 10.6. The van der Waals surface area contributed by atoms with Gasteiger partial charge in [0.25, 0.3) is 5.91 Å². The minimum absolute atomic E-state index is 0.172. The van der Waals surface area contributed by atoms with Gasteiger partial charge in [-0.3, -0.25) is 14.7 Å². The number of piperidine rings is 1. The third kappa shape index (κ3) is 7.43. The number of hydrogen-bond acceptors (Lipinski definition) is 4. The summed E-state index contributed by atoms with van der Waals surface area (Å²) in [5.74, 6) is 0.965. The first-order chi connectivity index (χ1) is 15.2. The lowest BCUT2D eigenvalue weighted by Crippen LogP contribution is -2.38. The van der Waals surface area contributed by atoms with Gasteiger partial charge < -0.3 is 20.4 Å². The van der Waals surface area contributed by atoms with E-state index in [1.165, 1.54) is 49.7 Å². The van der Waals surface area contributed by atoms with E-state index in [1.54, 1.807) is 13.1 Å². The van der Waals surface area contributed by atoms with E-state index < -0.39 is 0 Å². The minimum atomic E-state index is -0.172. The molecule has 0 atom stereocenters. The number of benzene rings is 1. The summed E-state index contributed by atoms with van der Waals surface area (Å²) in [7, 11) is 1.76. The van der Waals surface area contributed by atoms with Gasteiger partial charge in [-0.15, -0.1) is 0 Å². The number of nitrogens with one attached hydrogen (secondary N) is 3. The van der Waals surface area contributed by atoms with Gasteiger partial charge in [0.05, 0.1) is 6.26 Å². The molecule has 0 bridgehead atoms. The summed E-state index contributed by atoms with van der Waals surface area (Å²) in [5, 5.41) is 9.50. The van der Waals surface area contributed by atoms with Crippen molar-refractivity contribution in [2.24, 2.45) is 4.99 Å². The average Bonchev–Trinajstić information content (AvgIpc) is 3.23. The highest BCUT2D eigenvalue weighted by Gasteiger charge is 2.12. The van der Waals surface area contributed by atoms with E-state index in [9.17, 15) is 4.79 Å². The number of aryl methyl sites for hydroxylation is 1. The Balaban J connectivity index is 1.31. The zero-order valence-corrected chi connectivity index (χ0v) is 18.7. The van der Waals surface area contributed by atoms with Crippen molar-refractivity contribution in [2.45, 2.75) is 45.7 Å². The fourth-order valence-corrected chi connectivity index (χ4v) is 3.73. The van der Waals surface area contributed by atoms with E-state index in [4.69, 9.17) is 4.42 Å². The van der Waals surface area contributed by atoms with E-state index in [2.05, 4.69) is 50.1 Å². The topological polar surface area (TPSA) is 81.9 Å². The van der Waals surface area contributed by atoms with Gasteiger partial charge in [0.15, 0.2) is 11.7 Å². The molecule has 0 saturated carbocycles. The quantitative estimate of drug-likeness (QED) is 0.327. The molecular weight excluding hydrogens is 390 g/mol. The third-order valence-electron chi connectivity index (χ3n) is 5.56. The zero-order chi connectivity index (χ0) is 21.9. The molecular formula is C24H35N5O2. The first kappa shape index (κ1) is 22.9. The molecule has 0 aliphatic carbocycles. The number of rotatable bonds is 9. The van der Waals surface area contributed by atoms with E-state index in [1.807, 2.05) is 6.92 Å². The molecule has 31 heavy (non-hydrogen) atoms. The molecule has 3 rings (SSSR count). The Kier molecular flexibility index (Phi) is 8.97. The summed E-state index contributed by atoms with van der Waals surface area (Å²) in [5.41, 5.74) is 3.45. The Labute approximate surface area is 185 Å². The molecule has 168 valence electrons. The van der Waals surface area contributed by atoms with Crippen LogP contribution in [0.3, 0.4) is 0 Å². The molecule has 1 fully saturated rings. The number of furan rings is 1. The Morgan fingerprint density at radius 1 is 1.00 bits per heavy atom. The van der Waals surface area contributed by atoms with Crippen molar-refractivity contribution in [1.29, 1.82) is 0 Å². The highest BCUT2D eigenvalue weighted by Crippen LogP contribution is 2.13. The van der Waals surface area contributed by atoms with Crippen molar-refractivity contribution in [2.75, 3.05) is 33.2 Å². The standard InChI is InChI=1S/C24H35N5O2/c1-19-11-16-31-22(19)23(30)26-12-6-13-27-24(25-2)28-17-20-7-9-21(10-8-20)18-29-14-4-3-5-15-29/h7-11,16H,3-6,12-15,17-18H2,1-2H3,(H,26,30)(H2,25,27,28). The van der Waals surface area contributed by atoms with E-state index in [0.29, 0.717) is 18.8 Å². The van der Waals surface area contributed by atoms with Crippen molar-refractivity contribution in [1.82, 2.24) is 20.9 Å². The second kappa shape index (κ2) is 12.2. The fourth-order valence-electron chi connectivity index (χ4n) is 3.73. The maximum absolute atomic E-state index is 12.0. The third-order valence-corrected chi connectivity index (χ3v) is 5.56. The highest BCUT2D eigenvalue weighted by atomic mass is 16.3. The Hall–Kier alpha value is -2.80. The van der Waals surface area contributed by atoms with Gasteiger partial charge in [-0.05, 0) is 56.5 Å². The van der Waals surface area contributed by atoms with Crippen LogP contribution in [0.4, 0.5) is 0 Å². The number of guanidine groups is 1. The second-order valence-electron chi connectivity index (χ2n) is 8.05. The lowest BCUT2D eigenvalue weighted by molar-refractivity contribution is 0.0925. The predicted molar refractivity (Wildman–Crippen MR) is 124 cm³/mol. The van der Waals surface area contributed by atoms with Gasteiger partial charge in [0.1, 0.15) is 0 Å². The molecule has 2 aromatic rings. The van der Waals surface area contributed by atoms with Crippen molar-refractivity contribution in [3.63, 3.8) is 0 Å². The maximum Gasteiger partial charge on any atom is 0.287 e. The number of carbonyl (C=O) groups excluding carboxylic acids is 1. The largest absolute Gasteiger partial charge is 0.459 e. The number of hydrogen-bond donors (Lipinski definition) is 3. The first-order valence-electron chi connectivity index (χ1n) is 11.2. The Bertz CT molecular complexity index is 838. The second-order valence-corrected chi connectivity index (χ2v) is 8.05. The molecule has 1 aliphatic heterocycles. The van der Waals surface area contributed by atoms with Crippen LogP contribution in [0.5, 0.6) is 0 Å². The highest BCUT2D eigenvalue weighted by molar-refractivity contribution is 5.92. The van der Waals surface area contributed by atoms with Gasteiger partial charge in [-0.25, -0.2) is 0 Å². The predicted octanol–water partition coefficient (Wildman–Crippen LogP) is 3.06. The lowest BCUT2D eigenvalue weighted by Gasteiger charge is -2.26. The lowest BCUT2D eigenvalue weighted by atomic mass is 10.1. The van der Waals surface area contributed by atoms with Gasteiger partial charge in [0, 0.05) is 38.8 Å². The Morgan fingerprint density at radius 3 is 2.39 bits per heavy atom. The first-order valence-corrected chi connectivity index (χ1v) is 11.2. The van der Waals surface area contributed by atoms with Crippen molar-refractivity contribution < 1.29 is 9.21 Å². The molecule has 7 nitrogen and oxygen atoms in total. The summed E-state index contributed by atoms with van der Waals surface area (Å²) < 4.78 is 5.20. The molecule has 0 unspecified atom stereocenters. The average molecular weight is 426 g/mol. The van der Waals surface area contributed by atoms with Gasteiger partial charge in [0.2, 0.25) is 0 Å². The van der Waals surface area contributed by atoms with Gasteiger partial charge in [-0.1, -0.05) is 30.7 Å². The van der Waals surface area contributed by atoms with Crippen molar-refractivity contribution >= 4 is 11.9 Å². The molecule has 7 heteroatoms. The summed E-state index contributed by atoms with van der Waals surface area (Å²) in [6.45, 7) is 7.35. The summed E-state index contributed by atoms with van der Waals surface area (Å²) in [4.78, 5) is 18.8. The number of amides is 1. The van der Waals surface area contributed by atoms with E-state index in [-0.39, 0.29) is 5.91 Å². The van der Waals surface area contributed by atoms with Crippen LogP contribution in [-0.4, -0.2) is 50.0 Å². The molecule has 1 aromatic carbocycles. The van der Waals surface area contributed by atoms with Crippen LogP contribution in [0.2, 0.25) is 0 Å². The Morgan fingerprint density at radius 2 is 1.71 bits per heavy atom. The fraction of sp³-hybridized carbons (Fsp3) is 0.500. The molecule has 2 heterocycles. The molecule has 1 saturated heterocycles.